The Morgan fingerprint density at radius 3 is 2.67 bits per heavy atom. The number of nitrogens with one attached hydrogen (secondary N) is 1. The predicted molar refractivity (Wildman–Crippen MR) is 65.2 cm³/mol. The third-order valence-electron chi connectivity index (χ3n) is 2.86. The maximum atomic E-state index is 13.1. The van der Waals surface area contributed by atoms with Crippen molar-refractivity contribution in [3.63, 3.8) is 0 Å². The monoisotopic (exact) mass is 249 g/mol. The van der Waals surface area contributed by atoms with Crippen molar-refractivity contribution >= 4 is 0 Å². The van der Waals surface area contributed by atoms with Crippen molar-refractivity contribution in [2.45, 2.75) is 25.9 Å². The van der Waals surface area contributed by atoms with E-state index in [1.807, 2.05) is 25.5 Å². The lowest BCUT2D eigenvalue weighted by molar-refractivity contribution is 0.463. The van der Waals surface area contributed by atoms with Gasteiger partial charge in [-0.25, -0.2) is 4.39 Å². The molecule has 0 aliphatic carbocycles. The van der Waals surface area contributed by atoms with Gasteiger partial charge in [-0.3, -0.25) is 4.98 Å². The molecule has 2 aromatic rings. The van der Waals surface area contributed by atoms with Gasteiger partial charge in [-0.2, -0.15) is 0 Å². The van der Waals surface area contributed by atoms with E-state index in [2.05, 4.69) is 20.5 Å². The average molecular weight is 249 g/mol. The molecule has 2 heterocycles. The van der Waals surface area contributed by atoms with Crippen LogP contribution in [0.5, 0.6) is 0 Å². The van der Waals surface area contributed by atoms with Gasteiger partial charge in [-0.1, -0.05) is 0 Å². The third kappa shape index (κ3) is 2.70. The van der Waals surface area contributed by atoms with Crippen molar-refractivity contribution in [2.75, 3.05) is 0 Å². The van der Waals surface area contributed by atoms with Crippen LogP contribution in [-0.4, -0.2) is 19.7 Å². The molecule has 2 unspecified atom stereocenters. The van der Waals surface area contributed by atoms with Gasteiger partial charge >= 0.3 is 0 Å². The molecule has 0 saturated heterocycles. The highest BCUT2D eigenvalue weighted by Gasteiger charge is 2.15. The molecule has 0 bridgehead atoms. The van der Waals surface area contributed by atoms with Crippen LogP contribution in [0.4, 0.5) is 4.39 Å². The van der Waals surface area contributed by atoms with Gasteiger partial charge in [0.1, 0.15) is 18.0 Å². The van der Waals surface area contributed by atoms with E-state index in [0.29, 0.717) is 0 Å². The summed E-state index contributed by atoms with van der Waals surface area (Å²) in [5, 5.41) is 11.2. The van der Waals surface area contributed by atoms with Gasteiger partial charge in [0, 0.05) is 19.3 Å². The van der Waals surface area contributed by atoms with E-state index in [1.54, 1.807) is 12.5 Å². The van der Waals surface area contributed by atoms with Gasteiger partial charge < -0.3 is 9.88 Å². The zero-order chi connectivity index (χ0) is 13.1. The quantitative estimate of drug-likeness (QED) is 0.897. The van der Waals surface area contributed by atoms with Crippen LogP contribution in [0.25, 0.3) is 0 Å². The topological polar surface area (TPSA) is 55.6 Å². The molecule has 2 rings (SSSR count). The highest BCUT2D eigenvalue weighted by atomic mass is 19.1. The van der Waals surface area contributed by atoms with Crippen LogP contribution in [0.2, 0.25) is 0 Å². The minimum atomic E-state index is -0.326. The number of halogens is 1. The molecular weight excluding hydrogens is 233 g/mol. The molecule has 0 spiro atoms. The Morgan fingerprint density at radius 2 is 2.06 bits per heavy atom. The molecule has 18 heavy (non-hydrogen) atoms. The lowest BCUT2D eigenvalue weighted by Crippen LogP contribution is -2.24. The Hall–Kier alpha value is -1.82. The fraction of sp³-hybridized carbons (Fsp3) is 0.417. The van der Waals surface area contributed by atoms with E-state index >= 15 is 0 Å². The SMILES string of the molecule is CC(NC(C)c1nncn1C)c1cncc(F)c1. The van der Waals surface area contributed by atoms with Gasteiger partial charge in [0.05, 0.1) is 12.2 Å². The molecular formula is C12H16FN5. The largest absolute Gasteiger partial charge is 0.319 e. The molecule has 0 amide bonds. The van der Waals surface area contributed by atoms with Crippen LogP contribution in [0, 0.1) is 5.82 Å². The lowest BCUT2D eigenvalue weighted by atomic mass is 10.1. The molecule has 0 aliphatic rings. The molecule has 0 aliphatic heterocycles. The number of hydrogen-bond acceptors (Lipinski definition) is 4. The van der Waals surface area contributed by atoms with Gasteiger partial charge in [0.25, 0.3) is 0 Å². The Bertz CT molecular complexity index is 525. The smallest absolute Gasteiger partial charge is 0.149 e. The Kier molecular flexibility index (Phi) is 3.66. The normalized spacial score (nSPS) is 14.4. The van der Waals surface area contributed by atoms with Crippen molar-refractivity contribution in [3.8, 4) is 0 Å². The fourth-order valence-corrected chi connectivity index (χ4v) is 1.90. The van der Waals surface area contributed by atoms with Crippen LogP contribution in [0.1, 0.15) is 37.3 Å². The first-order valence-electron chi connectivity index (χ1n) is 5.78. The highest BCUT2D eigenvalue weighted by Crippen LogP contribution is 2.17. The van der Waals surface area contributed by atoms with Crippen molar-refractivity contribution in [3.05, 3.63) is 42.0 Å². The summed E-state index contributed by atoms with van der Waals surface area (Å²) < 4.78 is 14.9. The average Bonchev–Trinajstić information content (AvgIpc) is 2.75. The van der Waals surface area contributed by atoms with Crippen molar-refractivity contribution in [1.29, 1.82) is 0 Å². The van der Waals surface area contributed by atoms with Gasteiger partial charge in [0.15, 0.2) is 0 Å². The van der Waals surface area contributed by atoms with Gasteiger partial charge in [-0.05, 0) is 25.5 Å². The zero-order valence-electron chi connectivity index (χ0n) is 10.6. The number of pyridine rings is 1. The Labute approximate surface area is 105 Å². The number of aryl methyl sites for hydroxylation is 1. The van der Waals surface area contributed by atoms with E-state index in [4.69, 9.17) is 0 Å². The first-order chi connectivity index (χ1) is 8.58. The van der Waals surface area contributed by atoms with Gasteiger partial charge in [0.2, 0.25) is 0 Å². The van der Waals surface area contributed by atoms with Gasteiger partial charge in [-0.15, -0.1) is 10.2 Å². The first kappa shape index (κ1) is 12.6. The van der Waals surface area contributed by atoms with Crippen LogP contribution in [0.15, 0.2) is 24.8 Å². The molecule has 5 nitrogen and oxygen atoms in total. The maximum absolute atomic E-state index is 13.1. The molecule has 0 saturated carbocycles. The van der Waals surface area contributed by atoms with Crippen molar-refractivity contribution in [2.24, 2.45) is 7.05 Å². The minimum Gasteiger partial charge on any atom is -0.319 e. The third-order valence-corrected chi connectivity index (χ3v) is 2.86. The molecule has 1 N–H and O–H groups in total. The molecule has 0 aromatic carbocycles. The Morgan fingerprint density at radius 1 is 1.28 bits per heavy atom. The van der Waals surface area contributed by atoms with E-state index in [0.717, 1.165) is 11.4 Å². The molecule has 96 valence electrons. The summed E-state index contributed by atoms with van der Waals surface area (Å²) >= 11 is 0. The van der Waals surface area contributed by atoms with Crippen molar-refractivity contribution < 1.29 is 4.39 Å². The van der Waals surface area contributed by atoms with Crippen LogP contribution >= 0.6 is 0 Å². The molecule has 0 fully saturated rings. The summed E-state index contributed by atoms with van der Waals surface area (Å²) in [6, 6.07) is 1.49. The minimum absolute atomic E-state index is 0.0140. The van der Waals surface area contributed by atoms with Crippen molar-refractivity contribution in [1.82, 2.24) is 25.1 Å². The van der Waals surface area contributed by atoms with Crippen LogP contribution < -0.4 is 5.32 Å². The fourth-order valence-electron chi connectivity index (χ4n) is 1.90. The highest BCUT2D eigenvalue weighted by molar-refractivity contribution is 5.14. The lowest BCUT2D eigenvalue weighted by Gasteiger charge is -2.19. The molecule has 0 radical (unpaired) electrons. The second kappa shape index (κ2) is 5.22. The molecule has 6 heteroatoms. The summed E-state index contributed by atoms with van der Waals surface area (Å²) in [5.74, 6) is 0.513. The summed E-state index contributed by atoms with van der Waals surface area (Å²) in [5.41, 5.74) is 0.809. The predicted octanol–water partition coefficient (Wildman–Crippen LogP) is 1.76. The summed E-state index contributed by atoms with van der Waals surface area (Å²) in [4.78, 5) is 3.84. The number of hydrogen-bond donors (Lipinski definition) is 1. The second-order valence-electron chi connectivity index (χ2n) is 4.35. The maximum Gasteiger partial charge on any atom is 0.149 e. The number of nitrogens with zero attached hydrogens (tertiary/aromatic N) is 4. The van der Waals surface area contributed by atoms with E-state index < -0.39 is 0 Å². The van der Waals surface area contributed by atoms with Crippen LogP contribution in [0.3, 0.4) is 0 Å². The summed E-state index contributed by atoms with van der Waals surface area (Å²) in [6.07, 6.45) is 4.51. The molecule has 2 atom stereocenters. The molecule has 2 aromatic heterocycles. The zero-order valence-corrected chi connectivity index (χ0v) is 10.6. The second-order valence-corrected chi connectivity index (χ2v) is 4.35. The summed E-state index contributed by atoms with van der Waals surface area (Å²) in [6.45, 7) is 3.95. The first-order valence-corrected chi connectivity index (χ1v) is 5.78. The van der Waals surface area contributed by atoms with Crippen LogP contribution in [-0.2, 0) is 7.05 Å². The van der Waals surface area contributed by atoms with E-state index in [9.17, 15) is 4.39 Å². The van der Waals surface area contributed by atoms with E-state index in [-0.39, 0.29) is 17.9 Å². The number of rotatable bonds is 4. The number of aromatic nitrogens is 4. The Balaban J connectivity index is 2.08. The standard InChI is InChI=1S/C12H16FN5/c1-8(10-4-11(13)6-14-5-10)16-9(2)12-17-15-7-18(12)3/h4-9,16H,1-3H3. The van der Waals surface area contributed by atoms with E-state index in [1.165, 1.54) is 12.3 Å². The summed E-state index contributed by atoms with van der Waals surface area (Å²) in [7, 11) is 1.89.